The van der Waals surface area contributed by atoms with Crippen LogP contribution in [0.15, 0.2) is 29.2 Å². The zero-order valence-corrected chi connectivity index (χ0v) is 15.2. The third-order valence-electron chi connectivity index (χ3n) is 5.36. The first-order valence-electron chi connectivity index (χ1n) is 8.73. The van der Waals surface area contributed by atoms with Crippen LogP contribution in [-0.4, -0.2) is 50.7 Å². The van der Waals surface area contributed by atoms with Gasteiger partial charge in [-0.3, -0.25) is 4.79 Å². The van der Waals surface area contributed by atoms with Gasteiger partial charge in [0.05, 0.1) is 10.1 Å². The Morgan fingerprint density at radius 3 is 2.12 bits per heavy atom. The minimum atomic E-state index is -3.29. The fourth-order valence-electron chi connectivity index (χ4n) is 3.66. The average molecular weight is 350 g/mol. The Labute approximate surface area is 144 Å². The SMILES string of the molecule is CC(C)S(=O)(=O)c1ccc(C(=O)N2CC[C@@H]3CNC[C@@H]3CC2)cc1. The lowest BCUT2D eigenvalue weighted by molar-refractivity contribution is 0.0758. The van der Waals surface area contributed by atoms with Crippen molar-refractivity contribution >= 4 is 15.7 Å². The number of benzene rings is 1. The van der Waals surface area contributed by atoms with Gasteiger partial charge in [-0.1, -0.05) is 0 Å². The van der Waals surface area contributed by atoms with Crippen LogP contribution in [0.25, 0.3) is 0 Å². The van der Waals surface area contributed by atoms with Crippen molar-refractivity contribution < 1.29 is 13.2 Å². The zero-order chi connectivity index (χ0) is 17.3. The molecule has 0 spiro atoms. The minimum absolute atomic E-state index is 0.0106. The van der Waals surface area contributed by atoms with Crippen molar-refractivity contribution in [2.45, 2.75) is 36.8 Å². The molecule has 6 heteroatoms. The maximum Gasteiger partial charge on any atom is 0.253 e. The van der Waals surface area contributed by atoms with E-state index in [1.54, 1.807) is 38.1 Å². The third-order valence-corrected chi connectivity index (χ3v) is 7.53. The summed E-state index contributed by atoms with van der Waals surface area (Å²) in [6, 6.07) is 6.40. The van der Waals surface area contributed by atoms with Crippen LogP contribution in [0.2, 0.25) is 0 Å². The van der Waals surface area contributed by atoms with Crippen molar-refractivity contribution in [3.8, 4) is 0 Å². The first kappa shape index (κ1) is 17.4. The number of carbonyl (C=O) groups excluding carboxylic acids is 1. The van der Waals surface area contributed by atoms with E-state index in [4.69, 9.17) is 0 Å². The molecule has 1 aromatic carbocycles. The molecule has 2 aliphatic heterocycles. The normalized spacial score (nSPS) is 24.7. The number of amides is 1. The van der Waals surface area contributed by atoms with Gasteiger partial charge in [-0.15, -0.1) is 0 Å². The highest BCUT2D eigenvalue weighted by atomic mass is 32.2. The Morgan fingerprint density at radius 1 is 1.08 bits per heavy atom. The molecule has 24 heavy (non-hydrogen) atoms. The maximum absolute atomic E-state index is 12.7. The number of carbonyl (C=O) groups is 1. The Balaban J connectivity index is 1.71. The number of nitrogens with one attached hydrogen (secondary N) is 1. The second kappa shape index (κ2) is 6.84. The van der Waals surface area contributed by atoms with Gasteiger partial charge < -0.3 is 10.2 Å². The second-order valence-corrected chi connectivity index (χ2v) is 9.67. The smallest absolute Gasteiger partial charge is 0.253 e. The fourth-order valence-corrected chi connectivity index (χ4v) is 4.72. The monoisotopic (exact) mass is 350 g/mol. The van der Waals surface area contributed by atoms with E-state index >= 15 is 0 Å². The van der Waals surface area contributed by atoms with Crippen molar-refractivity contribution in [3.63, 3.8) is 0 Å². The number of rotatable bonds is 3. The molecule has 0 radical (unpaired) electrons. The summed E-state index contributed by atoms with van der Waals surface area (Å²) in [4.78, 5) is 14.9. The molecule has 132 valence electrons. The summed E-state index contributed by atoms with van der Waals surface area (Å²) in [6.07, 6.45) is 2.09. The van der Waals surface area contributed by atoms with E-state index in [1.807, 2.05) is 4.90 Å². The number of hydrogen-bond donors (Lipinski definition) is 1. The van der Waals surface area contributed by atoms with E-state index < -0.39 is 15.1 Å². The van der Waals surface area contributed by atoms with Gasteiger partial charge in [0.2, 0.25) is 0 Å². The summed E-state index contributed by atoms with van der Waals surface area (Å²) in [5, 5.41) is 2.98. The largest absolute Gasteiger partial charge is 0.339 e. The highest BCUT2D eigenvalue weighted by Crippen LogP contribution is 2.28. The van der Waals surface area contributed by atoms with Crippen molar-refractivity contribution in [2.75, 3.05) is 26.2 Å². The van der Waals surface area contributed by atoms with Crippen molar-refractivity contribution in [1.29, 1.82) is 0 Å². The minimum Gasteiger partial charge on any atom is -0.339 e. The highest BCUT2D eigenvalue weighted by Gasteiger charge is 2.31. The van der Waals surface area contributed by atoms with Crippen LogP contribution >= 0.6 is 0 Å². The number of fused-ring (bicyclic) bond motifs is 1. The van der Waals surface area contributed by atoms with Crippen LogP contribution in [0.1, 0.15) is 37.0 Å². The molecule has 0 aliphatic carbocycles. The van der Waals surface area contributed by atoms with Crippen LogP contribution in [0.3, 0.4) is 0 Å². The van der Waals surface area contributed by atoms with E-state index in [-0.39, 0.29) is 10.8 Å². The van der Waals surface area contributed by atoms with E-state index in [0.29, 0.717) is 17.4 Å². The van der Waals surface area contributed by atoms with E-state index in [2.05, 4.69) is 5.32 Å². The van der Waals surface area contributed by atoms with Crippen LogP contribution in [0, 0.1) is 11.8 Å². The third kappa shape index (κ3) is 3.35. The van der Waals surface area contributed by atoms with Gasteiger partial charge in [0, 0.05) is 18.7 Å². The standard InChI is InChI=1S/C18H26N2O3S/c1-13(2)24(22,23)17-5-3-14(4-6-17)18(21)20-9-7-15-11-19-12-16(15)8-10-20/h3-6,13,15-16,19H,7-12H2,1-2H3/t15-,16+. The summed E-state index contributed by atoms with van der Waals surface area (Å²) in [6.45, 7) is 7.03. The molecule has 2 heterocycles. The second-order valence-electron chi connectivity index (χ2n) is 7.17. The van der Waals surface area contributed by atoms with Gasteiger partial charge in [-0.25, -0.2) is 8.42 Å². The van der Waals surface area contributed by atoms with Crippen molar-refractivity contribution in [1.82, 2.24) is 10.2 Å². The molecule has 1 N–H and O–H groups in total. The van der Waals surface area contributed by atoms with Crippen LogP contribution < -0.4 is 5.32 Å². The first-order chi connectivity index (χ1) is 11.4. The van der Waals surface area contributed by atoms with Gasteiger partial charge in [0.15, 0.2) is 9.84 Å². The van der Waals surface area contributed by atoms with Crippen LogP contribution in [0.5, 0.6) is 0 Å². The van der Waals surface area contributed by atoms with Crippen molar-refractivity contribution in [2.24, 2.45) is 11.8 Å². The van der Waals surface area contributed by atoms with Crippen LogP contribution in [-0.2, 0) is 9.84 Å². The molecule has 5 nitrogen and oxygen atoms in total. The molecule has 3 rings (SSSR count). The summed E-state index contributed by atoms with van der Waals surface area (Å²) >= 11 is 0. The number of likely N-dealkylation sites (tertiary alicyclic amines) is 1. The Morgan fingerprint density at radius 2 is 1.62 bits per heavy atom. The van der Waals surface area contributed by atoms with Crippen LogP contribution in [0.4, 0.5) is 0 Å². The Kier molecular flexibility index (Phi) is 4.97. The molecule has 0 unspecified atom stereocenters. The molecule has 0 bridgehead atoms. The lowest BCUT2D eigenvalue weighted by atomic mass is 9.92. The van der Waals surface area contributed by atoms with Gasteiger partial charge in [-0.05, 0) is 75.9 Å². The molecule has 2 atom stereocenters. The van der Waals surface area contributed by atoms with Gasteiger partial charge in [-0.2, -0.15) is 0 Å². The van der Waals surface area contributed by atoms with Gasteiger partial charge in [0.25, 0.3) is 5.91 Å². The van der Waals surface area contributed by atoms with Gasteiger partial charge >= 0.3 is 0 Å². The van der Waals surface area contributed by atoms with E-state index in [9.17, 15) is 13.2 Å². The molecule has 1 aromatic rings. The topological polar surface area (TPSA) is 66.5 Å². The first-order valence-corrected chi connectivity index (χ1v) is 10.3. The van der Waals surface area contributed by atoms with Gasteiger partial charge in [0.1, 0.15) is 0 Å². The fraction of sp³-hybridized carbons (Fsp3) is 0.611. The molecule has 2 aliphatic rings. The number of sulfone groups is 1. The zero-order valence-electron chi connectivity index (χ0n) is 14.4. The molecule has 0 saturated carbocycles. The molecular weight excluding hydrogens is 324 g/mol. The lowest BCUT2D eigenvalue weighted by Gasteiger charge is -2.21. The molecule has 1 amide bonds. The molecule has 0 aromatic heterocycles. The predicted molar refractivity (Wildman–Crippen MR) is 93.8 cm³/mol. The van der Waals surface area contributed by atoms with E-state index in [0.717, 1.165) is 39.0 Å². The summed E-state index contributed by atoms with van der Waals surface area (Å²) in [7, 11) is -3.29. The summed E-state index contributed by atoms with van der Waals surface area (Å²) in [5.41, 5.74) is 0.572. The Bertz CT molecular complexity index is 683. The summed E-state index contributed by atoms with van der Waals surface area (Å²) < 4.78 is 24.3. The molecule has 2 fully saturated rings. The quantitative estimate of drug-likeness (QED) is 0.905. The number of nitrogens with zero attached hydrogens (tertiary/aromatic N) is 1. The number of hydrogen-bond acceptors (Lipinski definition) is 4. The van der Waals surface area contributed by atoms with Crippen molar-refractivity contribution in [3.05, 3.63) is 29.8 Å². The maximum atomic E-state index is 12.7. The van der Waals surface area contributed by atoms with E-state index in [1.165, 1.54) is 0 Å². The Hall–Kier alpha value is -1.40. The highest BCUT2D eigenvalue weighted by molar-refractivity contribution is 7.92. The average Bonchev–Trinajstić information content (AvgIpc) is 2.93. The summed E-state index contributed by atoms with van der Waals surface area (Å²) in [5.74, 6) is 1.37. The molecular formula is C18H26N2O3S. The molecule has 2 saturated heterocycles. The lowest BCUT2D eigenvalue weighted by Crippen LogP contribution is -2.32. The predicted octanol–water partition coefficient (Wildman–Crippen LogP) is 1.94.